The molecule has 1 aromatic heterocycles. The molecular weight excluding hydrogens is 245 g/mol. The molecule has 0 atom stereocenters. The molecule has 1 amide bonds. The second kappa shape index (κ2) is 4.16. The van der Waals surface area contributed by atoms with Gasteiger partial charge in [0.1, 0.15) is 17.1 Å². The van der Waals surface area contributed by atoms with Crippen molar-refractivity contribution in [3.8, 4) is 0 Å². The molecule has 0 unspecified atom stereocenters. The molecule has 0 bridgehead atoms. The maximum atomic E-state index is 12.1. The van der Waals surface area contributed by atoms with E-state index in [4.69, 9.17) is 11.5 Å². The first-order valence-corrected chi connectivity index (χ1v) is 4.82. The van der Waals surface area contributed by atoms with Gasteiger partial charge < -0.3 is 16.4 Å². The number of rotatable bonds is 3. The predicted octanol–water partition coefficient (Wildman–Crippen LogP) is 0.823. The van der Waals surface area contributed by atoms with E-state index >= 15 is 0 Å². The van der Waals surface area contributed by atoms with E-state index in [1.165, 1.54) is 7.05 Å². The van der Waals surface area contributed by atoms with Crippen molar-refractivity contribution in [3.63, 3.8) is 0 Å². The third-order valence-corrected chi connectivity index (χ3v) is 2.69. The third kappa shape index (κ3) is 2.75. The van der Waals surface area contributed by atoms with Crippen LogP contribution in [-0.4, -0.2) is 30.0 Å². The van der Waals surface area contributed by atoms with Crippen LogP contribution in [0.3, 0.4) is 0 Å². The van der Waals surface area contributed by atoms with Gasteiger partial charge in [-0.25, -0.2) is 0 Å². The van der Waals surface area contributed by atoms with E-state index in [9.17, 15) is 18.0 Å². The van der Waals surface area contributed by atoms with Crippen molar-refractivity contribution in [1.29, 1.82) is 0 Å². The van der Waals surface area contributed by atoms with Crippen LogP contribution in [-0.2, 0) is 0 Å². The normalized spacial score (nSPS) is 11.5. The average Bonchev–Trinajstić information content (AvgIpc) is 2.43. The van der Waals surface area contributed by atoms with E-state index in [0.717, 1.165) is 4.90 Å². The Hall–Kier alpha value is -1.51. The quantitative estimate of drug-likeness (QED) is 0.836. The van der Waals surface area contributed by atoms with Crippen molar-refractivity contribution >= 4 is 28.3 Å². The van der Waals surface area contributed by atoms with Crippen molar-refractivity contribution in [3.05, 3.63) is 5.56 Å². The fourth-order valence-corrected chi connectivity index (χ4v) is 1.90. The van der Waals surface area contributed by atoms with Crippen molar-refractivity contribution in [2.24, 2.45) is 5.73 Å². The minimum absolute atomic E-state index is 0.0160. The predicted molar refractivity (Wildman–Crippen MR) is 54.4 cm³/mol. The van der Waals surface area contributed by atoms with Gasteiger partial charge in [0, 0.05) is 7.05 Å². The highest BCUT2D eigenvalue weighted by Gasteiger charge is 2.32. The number of halogens is 3. The number of primary amides is 1. The van der Waals surface area contributed by atoms with Crippen LogP contribution < -0.4 is 16.4 Å². The van der Waals surface area contributed by atoms with E-state index in [1.807, 2.05) is 0 Å². The Labute approximate surface area is 93.0 Å². The molecule has 0 aromatic carbocycles. The van der Waals surface area contributed by atoms with E-state index in [0.29, 0.717) is 11.5 Å². The molecule has 1 rings (SSSR count). The van der Waals surface area contributed by atoms with Crippen molar-refractivity contribution in [2.75, 3.05) is 24.2 Å². The van der Waals surface area contributed by atoms with Crippen molar-refractivity contribution < 1.29 is 18.0 Å². The lowest BCUT2D eigenvalue weighted by Crippen LogP contribution is -2.31. The number of amides is 1. The summed E-state index contributed by atoms with van der Waals surface area (Å²) in [6.07, 6.45) is -4.37. The molecule has 90 valence electrons. The second-order valence-electron chi connectivity index (χ2n) is 3.08. The van der Waals surface area contributed by atoms with Crippen LogP contribution in [0.15, 0.2) is 0 Å². The number of carbonyl (C=O) groups is 1. The minimum Gasteiger partial charge on any atom is -0.382 e. The SMILES string of the molecule is CN(CC(F)(F)F)c1snc(N)c1C(N)=O. The highest BCUT2D eigenvalue weighted by atomic mass is 32.1. The molecule has 9 heteroatoms. The van der Waals surface area contributed by atoms with Crippen LogP contribution in [0.25, 0.3) is 0 Å². The van der Waals surface area contributed by atoms with E-state index in [1.54, 1.807) is 0 Å². The van der Waals surface area contributed by atoms with Gasteiger partial charge in [0.15, 0.2) is 5.82 Å². The molecule has 1 heterocycles. The van der Waals surface area contributed by atoms with Gasteiger partial charge in [0.05, 0.1) is 0 Å². The molecule has 0 saturated carbocycles. The van der Waals surface area contributed by atoms with Crippen LogP contribution in [0, 0.1) is 0 Å². The fraction of sp³-hybridized carbons (Fsp3) is 0.429. The molecule has 0 spiro atoms. The highest BCUT2D eigenvalue weighted by Crippen LogP contribution is 2.31. The molecule has 16 heavy (non-hydrogen) atoms. The standard InChI is InChI=1S/C7H9F3N4OS/c1-14(2-7(8,9)10)6-3(5(12)15)4(11)13-16-6/h2H2,1H3,(H2,11,13)(H2,12,15). The van der Waals surface area contributed by atoms with E-state index in [-0.39, 0.29) is 16.4 Å². The van der Waals surface area contributed by atoms with Gasteiger partial charge in [-0.2, -0.15) is 17.5 Å². The monoisotopic (exact) mass is 254 g/mol. The second-order valence-corrected chi connectivity index (χ2v) is 3.84. The molecule has 4 N–H and O–H groups in total. The fourth-order valence-electron chi connectivity index (χ4n) is 1.13. The third-order valence-electron chi connectivity index (χ3n) is 1.71. The molecule has 0 fully saturated rings. The lowest BCUT2D eigenvalue weighted by molar-refractivity contribution is -0.119. The van der Waals surface area contributed by atoms with Crippen LogP contribution in [0.4, 0.5) is 24.0 Å². The summed E-state index contributed by atoms with van der Waals surface area (Å²) in [6.45, 7) is -1.20. The Morgan fingerprint density at radius 1 is 1.56 bits per heavy atom. The molecule has 0 radical (unpaired) electrons. The van der Waals surface area contributed by atoms with Crippen LogP contribution >= 0.6 is 11.5 Å². The van der Waals surface area contributed by atoms with Gasteiger partial charge in [-0.1, -0.05) is 0 Å². The first kappa shape index (κ1) is 12.6. The number of nitrogens with zero attached hydrogens (tertiary/aromatic N) is 2. The summed E-state index contributed by atoms with van der Waals surface area (Å²) in [5.41, 5.74) is 10.2. The molecule has 5 nitrogen and oxygen atoms in total. The number of alkyl halides is 3. The molecular formula is C7H9F3N4OS. The van der Waals surface area contributed by atoms with Gasteiger partial charge in [-0.3, -0.25) is 4.79 Å². The summed E-state index contributed by atoms with van der Waals surface area (Å²) in [4.78, 5) is 11.8. The Morgan fingerprint density at radius 2 is 2.12 bits per heavy atom. The first-order chi connectivity index (χ1) is 7.22. The summed E-state index contributed by atoms with van der Waals surface area (Å²) in [5.74, 6) is -1.04. The summed E-state index contributed by atoms with van der Waals surface area (Å²) < 4.78 is 40.0. The zero-order valence-electron chi connectivity index (χ0n) is 8.21. The number of aromatic nitrogens is 1. The van der Waals surface area contributed by atoms with Gasteiger partial charge in [0.25, 0.3) is 5.91 Å². The lowest BCUT2D eigenvalue weighted by Gasteiger charge is -2.19. The van der Waals surface area contributed by atoms with Gasteiger partial charge in [-0.05, 0) is 11.5 Å². The molecule has 1 aromatic rings. The molecule has 0 aliphatic rings. The number of nitrogens with two attached hydrogens (primary N) is 2. The summed E-state index contributed by atoms with van der Waals surface area (Å²) in [5, 5.41) is 0.0160. The van der Waals surface area contributed by atoms with Crippen molar-refractivity contribution in [2.45, 2.75) is 6.18 Å². The zero-order chi connectivity index (χ0) is 12.5. The van der Waals surface area contributed by atoms with Gasteiger partial charge >= 0.3 is 6.18 Å². The topological polar surface area (TPSA) is 85.2 Å². The Kier molecular flexibility index (Phi) is 3.27. The number of carbonyl (C=O) groups excluding carboxylic acids is 1. The zero-order valence-corrected chi connectivity index (χ0v) is 9.02. The molecule has 0 saturated heterocycles. The smallest absolute Gasteiger partial charge is 0.382 e. The average molecular weight is 254 g/mol. The molecule has 0 aliphatic carbocycles. The Bertz CT molecular complexity index is 403. The van der Waals surface area contributed by atoms with Crippen LogP contribution in [0.5, 0.6) is 0 Å². The van der Waals surface area contributed by atoms with Crippen LogP contribution in [0.2, 0.25) is 0 Å². The first-order valence-electron chi connectivity index (χ1n) is 4.05. The number of anilines is 2. The maximum absolute atomic E-state index is 12.1. The molecule has 0 aliphatic heterocycles. The number of hydrogen-bond acceptors (Lipinski definition) is 5. The number of hydrogen-bond donors (Lipinski definition) is 2. The van der Waals surface area contributed by atoms with Gasteiger partial charge in [-0.15, -0.1) is 0 Å². The van der Waals surface area contributed by atoms with Crippen LogP contribution in [0.1, 0.15) is 10.4 Å². The highest BCUT2D eigenvalue weighted by molar-refractivity contribution is 7.11. The van der Waals surface area contributed by atoms with E-state index in [2.05, 4.69) is 4.37 Å². The Morgan fingerprint density at radius 3 is 2.56 bits per heavy atom. The minimum atomic E-state index is -4.37. The lowest BCUT2D eigenvalue weighted by atomic mass is 10.3. The summed E-state index contributed by atoms with van der Waals surface area (Å²) in [6, 6.07) is 0. The van der Waals surface area contributed by atoms with Crippen molar-refractivity contribution in [1.82, 2.24) is 4.37 Å². The summed E-state index contributed by atoms with van der Waals surface area (Å²) in [7, 11) is 1.19. The van der Waals surface area contributed by atoms with Gasteiger partial charge in [0.2, 0.25) is 0 Å². The maximum Gasteiger partial charge on any atom is 0.405 e. The number of nitrogen functional groups attached to an aromatic ring is 1. The summed E-state index contributed by atoms with van der Waals surface area (Å²) >= 11 is 0.703. The largest absolute Gasteiger partial charge is 0.405 e. The van der Waals surface area contributed by atoms with E-state index < -0.39 is 18.6 Å². The Balaban J connectivity index is 3.00.